The summed E-state index contributed by atoms with van der Waals surface area (Å²) in [5.41, 5.74) is 2.82. The monoisotopic (exact) mass is 407 g/mol. The third-order valence-electron chi connectivity index (χ3n) is 4.63. The van der Waals surface area contributed by atoms with Crippen molar-refractivity contribution in [2.24, 2.45) is 0 Å². The molecule has 3 aromatic carbocycles. The number of nitrogens with one attached hydrogen (secondary N) is 1. The number of hydrogen-bond acceptors (Lipinski definition) is 3. The summed E-state index contributed by atoms with van der Waals surface area (Å²) in [5.74, 6) is -1.10. The molecule has 0 saturated carbocycles. The van der Waals surface area contributed by atoms with Crippen LogP contribution in [0.3, 0.4) is 0 Å². The third kappa shape index (κ3) is 4.30. The van der Waals surface area contributed by atoms with Crippen molar-refractivity contribution in [3.63, 3.8) is 0 Å². The molecule has 4 aromatic rings. The Kier molecular flexibility index (Phi) is 5.43. The van der Waals surface area contributed by atoms with Crippen LogP contribution in [0.2, 0.25) is 0 Å². The molecular weight excluding hydrogens is 388 g/mol. The number of ether oxygens (including phenoxy) is 1. The van der Waals surface area contributed by atoms with Crippen LogP contribution in [0.5, 0.6) is 5.75 Å². The van der Waals surface area contributed by atoms with Crippen LogP contribution in [-0.2, 0) is 17.9 Å². The fourth-order valence-electron chi connectivity index (χ4n) is 3.11. The number of fused-ring (bicyclic) bond motifs is 1. The van der Waals surface area contributed by atoms with Gasteiger partial charge in [-0.15, -0.1) is 0 Å². The first kappa shape index (κ1) is 19.6. The van der Waals surface area contributed by atoms with Crippen LogP contribution < -0.4 is 10.1 Å². The molecule has 0 spiro atoms. The molecule has 0 unspecified atom stereocenters. The number of anilines is 1. The zero-order chi connectivity index (χ0) is 21.1. The van der Waals surface area contributed by atoms with Gasteiger partial charge in [0.05, 0.1) is 11.0 Å². The van der Waals surface area contributed by atoms with E-state index in [9.17, 15) is 13.6 Å². The Morgan fingerprint density at radius 3 is 2.57 bits per heavy atom. The number of aromatic nitrogens is 2. The summed E-state index contributed by atoms with van der Waals surface area (Å²) in [4.78, 5) is 17.1. The van der Waals surface area contributed by atoms with Crippen molar-refractivity contribution in [1.82, 2.24) is 9.55 Å². The van der Waals surface area contributed by atoms with Crippen LogP contribution in [0.25, 0.3) is 11.0 Å². The Morgan fingerprint density at radius 1 is 1.03 bits per heavy atom. The van der Waals surface area contributed by atoms with E-state index < -0.39 is 11.6 Å². The minimum atomic E-state index is -1.02. The Balaban J connectivity index is 1.55. The summed E-state index contributed by atoms with van der Waals surface area (Å²) >= 11 is 0. The number of carbonyl (C=O) groups is 1. The molecule has 4 rings (SSSR count). The molecule has 0 saturated heterocycles. The lowest BCUT2D eigenvalue weighted by atomic mass is 10.2. The van der Waals surface area contributed by atoms with Crippen LogP contribution in [0.4, 0.5) is 14.5 Å². The molecule has 152 valence electrons. The molecule has 0 bridgehead atoms. The minimum Gasteiger partial charge on any atom is -0.486 e. The van der Waals surface area contributed by atoms with Crippen LogP contribution in [0, 0.1) is 18.6 Å². The largest absolute Gasteiger partial charge is 0.486 e. The molecule has 1 amide bonds. The van der Waals surface area contributed by atoms with E-state index in [-0.39, 0.29) is 24.7 Å². The standard InChI is InChI=1S/C23H19F2N3O2/c1-15-6-9-17(10-7-15)30-14-22-27-20-4-2-3-5-21(20)28(22)13-23(29)26-16-8-11-18(24)19(25)12-16/h2-12H,13-14H2,1H3,(H,26,29). The predicted molar refractivity (Wildman–Crippen MR) is 110 cm³/mol. The van der Waals surface area contributed by atoms with Gasteiger partial charge in [0, 0.05) is 11.8 Å². The van der Waals surface area contributed by atoms with Gasteiger partial charge in [0.2, 0.25) is 5.91 Å². The lowest BCUT2D eigenvalue weighted by Gasteiger charge is -2.11. The Bertz CT molecular complexity index is 1200. The van der Waals surface area contributed by atoms with E-state index in [4.69, 9.17) is 4.74 Å². The van der Waals surface area contributed by atoms with E-state index in [0.717, 1.165) is 28.7 Å². The van der Waals surface area contributed by atoms with E-state index in [1.807, 2.05) is 55.5 Å². The second-order valence-corrected chi connectivity index (χ2v) is 6.88. The summed E-state index contributed by atoms with van der Waals surface area (Å²) in [7, 11) is 0. The Hall–Kier alpha value is -3.74. The maximum atomic E-state index is 13.4. The lowest BCUT2D eigenvalue weighted by Crippen LogP contribution is -2.21. The number of benzene rings is 3. The average molecular weight is 407 g/mol. The van der Waals surface area contributed by atoms with Crippen LogP contribution in [0.15, 0.2) is 66.7 Å². The first-order valence-corrected chi connectivity index (χ1v) is 9.38. The van der Waals surface area contributed by atoms with Gasteiger partial charge in [0.25, 0.3) is 0 Å². The summed E-state index contributed by atoms with van der Waals surface area (Å²) in [6, 6.07) is 18.3. The van der Waals surface area contributed by atoms with Gasteiger partial charge in [-0.25, -0.2) is 13.8 Å². The van der Waals surface area contributed by atoms with Gasteiger partial charge in [-0.05, 0) is 43.3 Å². The third-order valence-corrected chi connectivity index (χ3v) is 4.63. The maximum Gasteiger partial charge on any atom is 0.244 e. The SMILES string of the molecule is Cc1ccc(OCc2nc3ccccc3n2CC(=O)Nc2ccc(F)c(F)c2)cc1. The first-order chi connectivity index (χ1) is 14.5. The van der Waals surface area contributed by atoms with Gasteiger partial charge in [0.15, 0.2) is 11.6 Å². The highest BCUT2D eigenvalue weighted by molar-refractivity contribution is 5.91. The zero-order valence-corrected chi connectivity index (χ0v) is 16.2. The summed E-state index contributed by atoms with van der Waals surface area (Å²) in [6.45, 7) is 2.12. The van der Waals surface area contributed by atoms with Gasteiger partial charge in [-0.1, -0.05) is 29.8 Å². The van der Waals surface area contributed by atoms with Crippen molar-refractivity contribution >= 4 is 22.6 Å². The zero-order valence-electron chi connectivity index (χ0n) is 16.2. The molecule has 0 aliphatic carbocycles. The number of nitrogens with zero attached hydrogens (tertiary/aromatic N) is 2. The molecule has 0 aliphatic rings. The molecule has 0 atom stereocenters. The number of para-hydroxylation sites is 2. The Morgan fingerprint density at radius 2 is 1.80 bits per heavy atom. The molecule has 0 fully saturated rings. The van der Waals surface area contributed by atoms with Gasteiger partial charge < -0.3 is 14.6 Å². The Labute approximate surface area is 171 Å². The van der Waals surface area contributed by atoms with Crippen molar-refractivity contribution in [1.29, 1.82) is 0 Å². The lowest BCUT2D eigenvalue weighted by molar-refractivity contribution is -0.116. The summed E-state index contributed by atoms with van der Waals surface area (Å²) < 4.78 is 34.1. The van der Waals surface area contributed by atoms with Gasteiger partial charge >= 0.3 is 0 Å². The molecule has 5 nitrogen and oxygen atoms in total. The number of hydrogen-bond donors (Lipinski definition) is 1. The van der Waals surface area contributed by atoms with Gasteiger partial charge in [-0.2, -0.15) is 0 Å². The number of carbonyl (C=O) groups excluding carboxylic acids is 1. The highest BCUT2D eigenvalue weighted by atomic mass is 19.2. The molecule has 0 aliphatic heterocycles. The molecule has 30 heavy (non-hydrogen) atoms. The maximum absolute atomic E-state index is 13.4. The van der Waals surface area contributed by atoms with Crippen molar-refractivity contribution in [3.8, 4) is 5.75 Å². The number of rotatable bonds is 6. The van der Waals surface area contributed by atoms with Crippen LogP contribution in [0.1, 0.15) is 11.4 Å². The molecule has 7 heteroatoms. The molecule has 1 N–H and O–H groups in total. The van der Waals surface area contributed by atoms with Crippen molar-refractivity contribution in [2.75, 3.05) is 5.32 Å². The summed E-state index contributed by atoms with van der Waals surface area (Å²) in [5, 5.41) is 2.59. The average Bonchev–Trinajstić information content (AvgIpc) is 3.08. The molecule has 1 heterocycles. The van der Waals surface area contributed by atoms with E-state index in [1.165, 1.54) is 6.07 Å². The number of aryl methyl sites for hydroxylation is 1. The van der Waals surface area contributed by atoms with Crippen molar-refractivity contribution < 1.29 is 18.3 Å². The first-order valence-electron chi connectivity index (χ1n) is 9.38. The van der Waals surface area contributed by atoms with Crippen LogP contribution in [-0.4, -0.2) is 15.5 Å². The fourth-order valence-corrected chi connectivity index (χ4v) is 3.11. The molecule has 0 radical (unpaired) electrons. The normalized spacial score (nSPS) is 10.9. The highest BCUT2D eigenvalue weighted by Gasteiger charge is 2.15. The smallest absolute Gasteiger partial charge is 0.244 e. The topological polar surface area (TPSA) is 56.2 Å². The number of imidazole rings is 1. The van der Waals surface area contributed by atoms with E-state index in [0.29, 0.717) is 11.6 Å². The molecular formula is C23H19F2N3O2. The molecule has 1 aromatic heterocycles. The van der Waals surface area contributed by atoms with Crippen molar-refractivity contribution in [2.45, 2.75) is 20.1 Å². The summed E-state index contributed by atoms with van der Waals surface area (Å²) in [6.07, 6.45) is 0. The number of amides is 1. The quantitative estimate of drug-likeness (QED) is 0.498. The van der Waals surface area contributed by atoms with Gasteiger partial charge in [-0.3, -0.25) is 4.79 Å². The van der Waals surface area contributed by atoms with Gasteiger partial charge in [0.1, 0.15) is 24.7 Å². The van der Waals surface area contributed by atoms with Crippen LogP contribution >= 0.6 is 0 Å². The van der Waals surface area contributed by atoms with E-state index >= 15 is 0 Å². The second kappa shape index (κ2) is 8.32. The van der Waals surface area contributed by atoms with E-state index in [2.05, 4.69) is 10.3 Å². The predicted octanol–water partition coefficient (Wildman–Crippen LogP) is 4.84. The van der Waals surface area contributed by atoms with E-state index in [1.54, 1.807) is 4.57 Å². The second-order valence-electron chi connectivity index (χ2n) is 6.88. The fraction of sp³-hybridized carbons (Fsp3) is 0.130. The number of halogens is 2. The highest BCUT2D eigenvalue weighted by Crippen LogP contribution is 2.19. The minimum absolute atomic E-state index is 0.0495. The van der Waals surface area contributed by atoms with Crippen molar-refractivity contribution in [3.05, 3.63) is 89.8 Å².